The van der Waals surface area contributed by atoms with E-state index in [1.807, 2.05) is 41.5 Å². The van der Waals surface area contributed by atoms with Gasteiger partial charge in [0.25, 0.3) is 0 Å². The van der Waals surface area contributed by atoms with E-state index in [2.05, 4.69) is 20.3 Å². The van der Waals surface area contributed by atoms with Crippen molar-refractivity contribution in [3.8, 4) is 5.75 Å². The number of nitrogens with zero attached hydrogens (tertiary/aromatic N) is 4. The van der Waals surface area contributed by atoms with Gasteiger partial charge in [-0.25, -0.2) is 19.8 Å². The highest BCUT2D eigenvalue weighted by molar-refractivity contribution is 7.80. The molecule has 172 valence electrons. The maximum Gasteiger partial charge on any atom is 0.414 e. The van der Waals surface area contributed by atoms with Gasteiger partial charge >= 0.3 is 6.09 Å². The molecule has 2 rings (SSSR count). The van der Waals surface area contributed by atoms with Gasteiger partial charge in [0, 0.05) is 7.05 Å². The largest absolute Gasteiger partial charge is 0.489 e. The summed E-state index contributed by atoms with van der Waals surface area (Å²) in [4.78, 5) is 26.4. The molecule has 0 saturated carbocycles. The third-order valence-electron chi connectivity index (χ3n) is 3.94. The number of hydrogen-bond acceptors (Lipinski definition) is 6. The molecule has 0 aromatic carbocycles. The van der Waals surface area contributed by atoms with E-state index in [4.69, 9.17) is 27.4 Å². The second kappa shape index (κ2) is 10.4. The average Bonchev–Trinajstić information content (AvgIpc) is 2.67. The molecule has 0 aliphatic heterocycles. The van der Waals surface area contributed by atoms with Gasteiger partial charge in [-0.1, -0.05) is 0 Å². The molecule has 0 atom stereocenters. The number of amides is 1. The average molecular weight is 459 g/mol. The van der Waals surface area contributed by atoms with Crippen molar-refractivity contribution in [1.82, 2.24) is 9.97 Å². The Morgan fingerprint density at radius 1 is 1.25 bits per heavy atom. The Kier molecular flexibility index (Phi) is 8.09. The van der Waals surface area contributed by atoms with Crippen LogP contribution in [0.4, 0.5) is 16.3 Å². The van der Waals surface area contributed by atoms with Crippen molar-refractivity contribution in [2.24, 2.45) is 10.7 Å². The van der Waals surface area contributed by atoms with Gasteiger partial charge in [0.15, 0.2) is 10.9 Å². The lowest BCUT2D eigenvalue weighted by molar-refractivity contribution is 0.0589. The van der Waals surface area contributed by atoms with Crippen molar-refractivity contribution in [3.63, 3.8) is 0 Å². The molecule has 0 bridgehead atoms. The van der Waals surface area contributed by atoms with Crippen molar-refractivity contribution in [3.05, 3.63) is 41.9 Å². The Morgan fingerprint density at radius 2 is 1.94 bits per heavy atom. The van der Waals surface area contributed by atoms with E-state index in [0.717, 1.165) is 5.56 Å². The summed E-state index contributed by atoms with van der Waals surface area (Å²) in [6, 6.07) is 5.28. The molecule has 0 spiro atoms. The number of pyridine rings is 2. The van der Waals surface area contributed by atoms with Crippen LogP contribution in [0.1, 0.15) is 45.9 Å². The fourth-order valence-electron chi connectivity index (χ4n) is 2.48. The third kappa shape index (κ3) is 7.45. The minimum atomic E-state index is -0.587. The molecule has 0 aliphatic rings. The van der Waals surface area contributed by atoms with E-state index in [9.17, 15) is 4.79 Å². The highest BCUT2D eigenvalue weighted by Crippen LogP contribution is 2.21. The fraction of sp³-hybridized carbons (Fsp3) is 0.409. The predicted octanol–water partition coefficient (Wildman–Crippen LogP) is 4.05. The number of aryl methyl sites for hydroxylation is 1. The number of aromatic nitrogens is 2. The van der Waals surface area contributed by atoms with E-state index < -0.39 is 11.7 Å². The van der Waals surface area contributed by atoms with Crippen molar-refractivity contribution >= 4 is 40.8 Å². The Labute approximate surface area is 194 Å². The van der Waals surface area contributed by atoms with E-state index >= 15 is 0 Å². The molecule has 10 heteroatoms. The molecular formula is C22H30N6O3S. The molecular weight excluding hydrogens is 428 g/mol. The summed E-state index contributed by atoms with van der Waals surface area (Å²) in [7, 11) is 1.62. The molecule has 0 aliphatic carbocycles. The number of nitrogens with two attached hydrogens (primary N) is 1. The Morgan fingerprint density at radius 3 is 2.47 bits per heavy atom. The third-order valence-corrected chi connectivity index (χ3v) is 4.13. The lowest BCUT2D eigenvalue weighted by Crippen LogP contribution is -2.34. The first-order chi connectivity index (χ1) is 14.9. The van der Waals surface area contributed by atoms with Crippen LogP contribution in [0.25, 0.3) is 0 Å². The molecule has 3 N–H and O–H groups in total. The lowest BCUT2D eigenvalue weighted by atomic mass is 10.2. The number of anilines is 2. The first-order valence-corrected chi connectivity index (χ1v) is 10.5. The van der Waals surface area contributed by atoms with Crippen LogP contribution in [0.2, 0.25) is 0 Å². The second-order valence-corrected chi connectivity index (χ2v) is 8.76. The number of carbonyl (C=O) groups is 1. The predicted molar refractivity (Wildman–Crippen MR) is 131 cm³/mol. The summed E-state index contributed by atoms with van der Waals surface area (Å²) >= 11 is 5.28. The van der Waals surface area contributed by atoms with Crippen molar-refractivity contribution in [2.45, 2.75) is 53.2 Å². The Bertz CT molecular complexity index is 1000. The van der Waals surface area contributed by atoms with Crippen molar-refractivity contribution in [1.29, 1.82) is 0 Å². The number of carbonyl (C=O) groups excluding carboxylic acids is 1. The van der Waals surface area contributed by atoms with E-state index in [1.54, 1.807) is 37.6 Å². The molecule has 0 unspecified atom stereocenters. The quantitative estimate of drug-likeness (QED) is 0.392. The first-order valence-electron chi connectivity index (χ1n) is 10.1. The molecule has 0 radical (unpaired) electrons. The van der Waals surface area contributed by atoms with Gasteiger partial charge in [-0.15, -0.1) is 0 Å². The van der Waals surface area contributed by atoms with Gasteiger partial charge in [0.2, 0.25) is 0 Å². The summed E-state index contributed by atoms with van der Waals surface area (Å²) in [5.41, 5.74) is 7.27. The molecule has 32 heavy (non-hydrogen) atoms. The Hall–Kier alpha value is -3.27. The smallest absolute Gasteiger partial charge is 0.414 e. The number of amidine groups is 1. The molecule has 2 aromatic heterocycles. The van der Waals surface area contributed by atoms with Gasteiger partial charge in [-0.05, 0) is 77.5 Å². The van der Waals surface area contributed by atoms with E-state index in [0.29, 0.717) is 22.9 Å². The number of aliphatic imine (C=N–C) groups is 1. The molecule has 1 amide bonds. The molecule has 9 nitrogen and oxygen atoms in total. The van der Waals surface area contributed by atoms with Crippen molar-refractivity contribution < 1.29 is 14.3 Å². The number of rotatable bonds is 5. The van der Waals surface area contributed by atoms with Gasteiger partial charge in [-0.2, -0.15) is 0 Å². The first kappa shape index (κ1) is 25.0. The molecule has 0 saturated heterocycles. The van der Waals surface area contributed by atoms with Gasteiger partial charge in [-0.3, -0.25) is 4.90 Å². The normalized spacial score (nSPS) is 11.8. The van der Waals surface area contributed by atoms with Crippen LogP contribution in [0.3, 0.4) is 0 Å². The fourth-order valence-corrected chi connectivity index (χ4v) is 2.67. The monoisotopic (exact) mass is 458 g/mol. The molecule has 0 fully saturated rings. The van der Waals surface area contributed by atoms with E-state index in [-0.39, 0.29) is 17.1 Å². The highest BCUT2D eigenvalue weighted by atomic mass is 32.1. The minimum absolute atomic E-state index is 0.0523. The van der Waals surface area contributed by atoms with Crippen molar-refractivity contribution in [2.75, 3.05) is 17.3 Å². The van der Waals surface area contributed by atoms with Crippen LogP contribution < -0.4 is 20.7 Å². The van der Waals surface area contributed by atoms with Gasteiger partial charge in [0.05, 0.1) is 24.2 Å². The number of nitrogens with one attached hydrogen (secondary N) is 1. The summed E-state index contributed by atoms with van der Waals surface area (Å²) in [6.45, 7) is 11.1. The zero-order valence-corrected chi connectivity index (χ0v) is 20.3. The van der Waals surface area contributed by atoms with Gasteiger partial charge < -0.3 is 20.5 Å². The minimum Gasteiger partial charge on any atom is -0.489 e. The van der Waals surface area contributed by atoms with Crippen LogP contribution >= 0.6 is 12.2 Å². The number of thiocarbonyl (C=S) groups is 1. The SMILES string of the molecule is Cc1cc(N(C)C(=O)OC(C)(C)C)cnc1NC(=S)/N=C(\N)c1ccc(OC(C)C)cn1. The maximum absolute atomic E-state index is 12.3. The zero-order chi connectivity index (χ0) is 24.1. The summed E-state index contributed by atoms with van der Waals surface area (Å²) in [6.07, 6.45) is 2.71. The highest BCUT2D eigenvalue weighted by Gasteiger charge is 2.21. The van der Waals surface area contributed by atoms with Crippen LogP contribution in [-0.2, 0) is 4.74 Å². The standard InChI is InChI=1S/C22H30N6O3S/c1-13(2)30-16-8-9-17(24-12-16)18(23)26-20(32)27-19-14(3)10-15(11-25-19)28(7)21(29)31-22(4,5)6/h8-13H,1-7H3,(H3,23,25,26,27,32). The summed E-state index contributed by atoms with van der Waals surface area (Å²) in [5, 5.41) is 3.08. The van der Waals surface area contributed by atoms with Crippen LogP contribution in [0.5, 0.6) is 5.75 Å². The maximum atomic E-state index is 12.3. The van der Waals surface area contributed by atoms with E-state index in [1.165, 1.54) is 4.90 Å². The second-order valence-electron chi connectivity index (χ2n) is 8.37. The number of ether oxygens (including phenoxy) is 2. The summed E-state index contributed by atoms with van der Waals surface area (Å²) in [5.74, 6) is 1.31. The number of hydrogen-bond donors (Lipinski definition) is 2. The molecule has 2 aromatic rings. The zero-order valence-electron chi connectivity index (χ0n) is 19.5. The topological polar surface area (TPSA) is 115 Å². The molecule has 2 heterocycles. The lowest BCUT2D eigenvalue weighted by Gasteiger charge is -2.24. The van der Waals surface area contributed by atoms with Gasteiger partial charge in [0.1, 0.15) is 22.9 Å². The van der Waals surface area contributed by atoms with Crippen LogP contribution in [0, 0.1) is 6.92 Å². The Balaban J connectivity index is 2.07. The summed E-state index contributed by atoms with van der Waals surface area (Å²) < 4.78 is 10.9. The van der Waals surface area contributed by atoms with Crippen LogP contribution in [-0.4, -0.2) is 45.8 Å². The van der Waals surface area contributed by atoms with Crippen LogP contribution in [0.15, 0.2) is 35.6 Å².